The van der Waals surface area contributed by atoms with Crippen molar-refractivity contribution in [2.45, 2.75) is 38.8 Å². The van der Waals surface area contributed by atoms with E-state index in [4.69, 9.17) is 26.7 Å². The highest BCUT2D eigenvalue weighted by Crippen LogP contribution is 2.37. The Morgan fingerprint density at radius 2 is 1.91 bits per heavy atom. The van der Waals surface area contributed by atoms with Gasteiger partial charge >= 0.3 is 0 Å². The maximum Gasteiger partial charge on any atom is 0.179 e. The molecule has 0 amide bonds. The Balaban J connectivity index is 1.51. The lowest BCUT2D eigenvalue weighted by molar-refractivity contribution is 0.228. The highest BCUT2D eigenvalue weighted by molar-refractivity contribution is 6.34. The Morgan fingerprint density at radius 3 is 2.66 bits per heavy atom. The molecule has 1 atom stereocenters. The molecule has 176 valence electrons. The topological polar surface area (TPSA) is 95.2 Å². The van der Waals surface area contributed by atoms with Crippen LogP contribution in [0, 0.1) is 29.7 Å². The average molecular weight is 486 g/mol. The number of hydrogen-bond acceptors (Lipinski definition) is 6. The van der Waals surface area contributed by atoms with Gasteiger partial charge in [0, 0.05) is 41.7 Å². The number of hydrogen-bond donors (Lipinski definition) is 0. The monoisotopic (exact) mass is 485 g/mol. The van der Waals surface area contributed by atoms with Crippen molar-refractivity contribution in [3.8, 4) is 29.1 Å². The highest BCUT2D eigenvalue weighted by atomic mass is 35.5. The highest BCUT2D eigenvalue weighted by Gasteiger charge is 2.24. The summed E-state index contributed by atoms with van der Waals surface area (Å²) in [5.41, 5.74) is 4.99. The van der Waals surface area contributed by atoms with Gasteiger partial charge in [0.2, 0.25) is 0 Å². The fourth-order valence-corrected chi connectivity index (χ4v) is 5.00. The number of pyridine rings is 1. The third kappa shape index (κ3) is 4.18. The van der Waals surface area contributed by atoms with Crippen molar-refractivity contribution in [2.75, 3.05) is 13.1 Å². The van der Waals surface area contributed by atoms with E-state index in [1.807, 2.05) is 43.6 Å². The number of piperidine rings is 1. The Kier molecular flexibility index (Phi) is 6.07. The van der Waals surface area contributed by atoms with Crippen LogP contribution < -0.4 is 4.74 Å². The van der Waals surface area contributed by atoms with Gasteiger partial charge in [-0.3, -0.25) is 4.68 Å². The summed E-state index contributed by atoms with van der Waals surface area (Å²) in [6.07, 6.45) is 9.02. The molecular formula is C26H24ClN7O. The van der Waals surface area contributed by atoms with Crippen LogP contribution in [-0.4, -0.2) is 37.4 Å². The summed E-state index contributed by atoms with van der Waals surface area (Å²) >= 11 is 6.47. The second kappa shape index (κ2) is 9.32. The number of fused-ring (bicyclic) bond motifs is 1. The van der Waals surface area contributed by atoms with E-state index in [1.165, 1.54) is 0 Å². The summed E-state index contributed by atoms with van der Waals surface area (Å²) in [4.78, 5) is 1.79. The number of ether oxygens (including phenoxy) is 1. The Bertz CT molecular complexity index is 1470. The van der Waals surface area contributed by atoms with Gasteiger partial charge in [0.1, 0.15) is 17.4 Å². The zero-order chi connectivity index (χ0) is 24.5. The van der Waals surface area contributed by atoms with Gasteiger partial charge in [0.15, 0.2) is 6.19 Å². The third-order valence-corrected chi connectivity index (χ3v) is 6.94. The lowest BCUT2D eigenvalue weighted by Gasteiger charge is -2.29. The van der Waals surface area contributed by atoms with E-state index in [-0.39, 0.29) is 12.1 Å². The summed E-state index contributed by atoms with van der Waals surface area (Å²) in [5.74, 6) is 0.583. The fraction of sp³-hybridized carbons (Fsp3) is 0.308. The summed E-state index contributed by atoms with van der Waals surface area (Å²) in [5, 5.41) is 28.2. The first-order valence-corrected chi connectivity index (χ1v) is 11.9. The molecule has 1 aromatic carbocycles. The lowest BCUT2D eigenvalue weighted by atomic mass is 10.0. The summed E-state index contributed by atoms with van der Waals surface area (Å²) < 4.78 is 10.2. The van der Waals surface area contributed by atoms with Crippen molar-refractivity contribution in [3.63, 3.8) is 0 Å². The molecule has 4 heterocycles. The molecule has 1 saturated heterocycles. The minimum absolute atomic E-state index is 0.259. The number of nitrogens with zero attached hydrogens (tertiary/aromatic N) is 7. The number of benzene rings is 1. The molecule has 1 fully saturated rings. The predicted octanol–water partition coefficient (Wildman–Crippen LogP) is 5.29. The molecule has 4 aromatic rings. The summed E-state index contributed by atoms with van der Waals surface area (Å²) in [7, 11) is 0. The molecule has 0 N–H and O–H groups in total. The molecule has 0 spiro atoms. The van der Waals surface area contributed by atoms with Crippen LogP contribution in [-0.2, 0) is 0 Å². The van der Waals surface area contributed by atoms with E-state index >= 15 is 0 Å². The van der Waals surface area contributed by atoms with Crippen LogP contribution in [0.4, 0.5) is 0 Å². The van der Waals surface area contributed by atoms with Gasteiger partial charge in [-0.1, -0.05) is 29.8 Å². The molecular weight excluding hydrogens is 462 g/mol. The maximum absolute atomic E-state index is 9.51. The summed E-state index contributed by atoms with van der Waals surface area (Å²) in [6.45, 7) is 5.47. The van der Waals surface area contributed by atoms with Crippen molar-refractivity contribution in [1.29, 1.82) is 10.5 Å². The smallest absolute Gasteiger partial charge is 0.179 e. The van der Waals surface area contributed by atoms with Crippen LogP contribution in [0.3, 0.4) is 0 Å². The van der Waals surface area contributed by atoms with Crippen LogP contribution in [0.1, 0.15) is 48.7 Å². The summed E-state index contributed by atoms with van der Waals surface area (Å²) in [6, 6.07) is 11.9. The predicted molar refractivity (Wildman–Crippen MR) is 132 cm³/mol. The molecule has 0 bridgehead atoms. The molecule has 3 aromatic heterocycles. The number of likely N-dealkylation sites (tertiary alicyclic amines) is 1. The first kappa shape index (κ1) is 22.8. The largest absolute Gasteiger partial charge is 0.484 e. The van der Waals surface area contributed by atoms with Gasteiger partial charge in [-0.25, -0.2) is 4.52 Å². The zero-order valence-corrected chi connectivity index (χ0v) is 20.3. The molecule has 1 aliphatic rings. The average Bonchev–Trinajstić information content (AvgIpc) is 3.46. The quantitative estimate of drug-likeness (QED) is 0.356. The van der Waals surface area contributed by atoms with E-state index < -0.39 is 0 Å². The normalized spacial score (nSPS) is 15.1. The minimum atomic E-state index is -0.370. The minimum Gasteiger partial charge on any atom is -0.484 e. The Labute approximate surface area is 208 Å². The van der Waals surface area contributed by atoms with Gasteiger partial charge in [-0.05, 0) is 38.8 Å². The van der Waals surface area contributed by atoms with E-state index in [0.29, 0.717) is 21.9 Å². The first-order valence-electron chi connectivity index (χ1n) is 11.5. The van der Waals surface area contributed by atoms with Crippen LogP contribution >= 0.6 is 11.6 Å². The lowest BCUT2D eigenvalue weighted by Crippen LogP contribution is -2.31. The van der Waals surface area contributed by atoms with Crippen molar-refractivity contribution in [2.24, 2.45) is 0 Å². The zero-order valence-electron chi connectivity index (χ0n) is 19.5. The second-order valence-electron chi connectivity index (χ2n) is 8.74. The Hall–Kier alpha value is -4.01. The number of nitriles is 2. The number of halogens is 1. The molecule has 0 aliphatic carbocycles. The van der Waals surface area contributed by atoms with Crippen molar-refractivity contribution >= 4 is 17.1 Å². The van der Waals surface area contributed by atoms with E-state index in [2.05, 4.69) is 29.0 Å². The van der Waals surface area contributed by atoms with E-state index in [9.17, 15) is 5.26 Å². The van der Waals surface area contributed by atoms with Gasteiger partial charge < -0.3 is 9.64 Å². The van der Waals surface area contributed by atoms with Crippen molar-refractivity contribution < 1.29 is 4.74 Å². The van der Waals surface area contributed by atoms with Crippen LogP contribution in [0.25, 0.3) is 16.6 Å². The molecule has 35 heavy (non-hydrogen) atoms. The van der Waals surface area contributed by atoms with Crippen LogP contribution in [0.2, 0.25) is 5.02 Å². The first-order chi connectivity index (χ1) is 17.0. The van der Waals surface area contributed by atoms with Crippen LogP contribution in [0.15, 0.2) is 48.9 Å². The Morgan fingerprint density at radius 1 is 1.14 bits per heavy atom. The molecule has 5 rings (SSSR count). The maximum atomic E-state index is 9.51. The molecule has 0 radical (unpaired) electrons. The van der Waals surface area contributed by atoms with E-state index in [0.717, 1.165) is 48.3 Å². The fourth-order valence-electron chi connectivity index (χ4n) is 4.78. The molecule has 8 nitrogen and oxygen atoms in total. The molecule has 0 saturated carbocycles. The van der Waals surface area contributed by atoms with Crippen molar-refractivity contribution in [1.82, 2.24) is 24.3 Å². The molecule has 0 unspecified atom stereocenters. The molecule has 1 aliphatic heterocycles. The SMILES string of the molecule is Cc1c(-c2cc(O[C@H](C)c3ccccc3C#N)c3c(Cl)cnn3c2)cnn1C1CCN(C#N)CC1. The van der Waals surface area contributed by atoms with Crippen molar-refractivity contribution in [3.05, 3.63) is 70.8 Å². The standard InChI is InChI=1S/C26H24ClN7O/c1-17-23(13-31-34(17)21-7-9-32(16-29)10-8-21)20-11-25(26-24(27)14-30-33(26)15-20)35-18(2)22-6-4-3-5-19(22)12-28/h3-6,11,13-15,18,21H,7-10H2,1-2H3/t18-/m1/s1. The van der Waals surface area contributed by atoms with Crippen LogP contribution in [0.5, 0.6) is 5.75 Å². The van der Waals surface area contributed by atoms with Gasteiger partial charge in [-0.15, -0.1) is 0 Å². The van der Waals surface area contributed by atoms with E-state index in [1.54, 1.807) is 21.7 Å². The van der Waals surface area contributed by atoms with Gasteiger partial charge in [0.05, 0.1) is 35.1 Å². The van der Waals surface area contributed by atoms with Gasteiger partial charge in [-0.2, -0.15) is 20.7 Å². The third-order valence-electron chi connectivity index (χ3n) is 6.66. The second-order valence-corrected chi connectivity index (χ2v) is 9.15. The number of aromatic nitrogens is 4. The number of rotatable bonds is 5. The molecule has 9 heteroatoms. The van der Waals surface area contributed by atoms with Gasteiger partial charge in [0.25, 0.3) is 0 Å².